The molecule has 2 rings (SSSR count). The van der Waals surface area contributed by atoms with Crippen LogP contribution in [-0.4, -0.2) is 38.5 Å². The number of hydrogen-bond acceptors (Lipinski definition) is 6. The zero-order chi connectivity index (χ0) is 12.3. The van der Waals surface area contributed by atoms with Crippen LogP contribution in [0.4, 0.5) is 6.01 Å². The standard InChI is InChI=1S/C10H18N4O2S/c1-7(6-17(2)15)12-10-14-13-9(16-10)5-11-8-3-4-8/h7-8,11H,3-6H2,1-2H3,(H,12,14). The van der Waals surface area contributed by atoms with Crippen LogP contribution < -0.4 is 10.6 Å². The number of nitrogens with one attached hydrogen (secondary N) is 2. The van der Waals surface area contributed by atoms with Crippen LogP contribution in [0.15, 0.2) is 4.42 Å². The molecule has 6 nitrogen and oxygen atoms in total. The number of hydrogen-bond donors (Lipinski definition) is 2. The van der Waals surface area contributed by atoms with Gasteiger partial charge in [-0.1, -0.05) is 5.10 Å². The number of rotatable bonds is 7. The first-order valence-corrected chi connectivity index (χ1v) is 7.48. The maximum Gasteiger partial charge on any atom is 0.315 e. The average Bonchev–Trinajstić information content (AvgIpc) is 2.96. The summed E-state index contributed by atoms with van der Waals surface area (Å²) in [4.78, 5) is 0. The van der Waals surface area contributed by atoms with Crippen molar-refractivity contribution in [3.63, 3.8) is 0 Å². The van der Waals surface area contributed by atoms with Crippen LogP contribution in [0.3, 0.4) is 0 Å². The van der Waals surface area contributed by atoms with Crippen molar-refractivity contribution in [2.45, 2.75) is 38.4 Å². The zero-order valence-corrected chi connectivity index (χ0v) is 10.9. The van der Waals surface area contributed by atoms with E-state index in [0.29, 0.717) is 30.2 Å². The van der Waals surface area contributed by atoms with E-state index in [4.69, 9.17) is 4.42 Å². The highest BCUT2D eigenvalue weighted by Gasteiger charge is 2.21. The molecule has 2 unspecified atom stereocenters. The Labute approximate surface area is 103 Å². The van der Waals surface area contributed by atoms with Crippen LogP contribution in [0.5, 0.6) is 0 Å². The average molecular weight is 258 g/mol. The molecule has 0 aliphatic heterocycles. The van der Waals surface area contributed by atoms with Gasteiger partial charge in [0.25, 0.3) is 0 Å². The van der Waals surface area contributed by atoms with E-state index >= 15 is 0 Å². The van der Waals surface area contributed by atoms with E-state index in [9.17, 15) is 4.21 Å². The number of aromatic nitrogens is 2. The third kappa shape index (κ3) is 4.43. The molecular weight excluding hydrogens is 240 g/mol. The van der Waals surface area contributed by atoms with E-state index in [1.807, 2.05) is 6.92 Å². The molecule has 17 heavy (non-hydrogen) atoms. The summed E-state index contributed by atoms with van der Waals surface area (Å²) in [6, 6.07) is 1.08. The second-order valence-corrected chi connectivity index (χ2v) is 5.92. The van der Waals surface area contributed by atoms with Gasteiger partial charge in [-0.15, -0.1) is 5.10 Å². The fraction of sp³-hybridized carbons (Fsp3) is 0.800. The molecule has 1 aromatic heterocycles. The molecule has 0 amide bonds. The zero-order valence-electron chi connectivity index (χ0n) is 10.1. The van der Waals surface area contributed by atoms with Crippen LogP contribution in [-0.2, 0) is 17.3 Å². The lowest BCUT2D eigenvalue weighted by Crippen LogP contribution is -2.22. The molecule has 1 fully saturated rings. The Morgan fingerprint density at radius 1 is 1.53 bits per heavy atom. The summed E-state index contributed by atoms with van der Waals surface area (Å²) in [6.45, 7) is 2.56. The van der Waals surface area contributed by atoms with Gasteiger partial charge in [0.05, 0.1) is 6.54 Å². The summed E-state index contributed by atoms with van der Waals surface area (Å²) in [5.74, 6) is 1.15. The predicted molar refractivity (Wildman–Crippen MR) is 66.2 cm³/mol. The van der Waals surface area contributed by atoms with Gasteiger partial charge in [0.2, 0.25) is 5.89 Å². The van der Waals surface area contributed by atoms with Gasteiger partial charge in [-0.05, 0) is 19.8 Å². The summed E-state index contributed by atoms with van der Waals surface area (Å²) >= 11 is 0. The van der Waals surface area contributed by atoms with Gasteiger partial charge in [0.15, 0.2) is 0 Å². The molecule has 0 spiro atoms. The van der Waals surface area contributed by atoms with Gasteiger partial charge in [-0.3, -0.25) is 4.21 Å². The molecule has 1 saturated carbocycles. The largest absolute Gasteiger partial charge is 0.407 e. The minimum atomic E-state index is -0.829. The number of anilines is 1. The molecule has 7 heteroatoms. The molecule has 2 atom stereocenters. The molecule has 0 saturated heterocycles. The van der Waals surface area contributed by atoms with Gasteiger partial charge in [0.1, 0.15) is 0 Å². The summed E-state index contributed by atoms with van der Waals surface area (Å²) in [7, 11) is -0.829. The lowest BCUT2D eigenvalue weighted by atomic mass is 10.4. The smallest absolute Gasteiger partial charge is 0.315 e. The summed E-state index contributed by atoms with van der Waals surface area (Å²) in [5.41, 5.74) is 0. The van der Waals surface area contributed by atoms with E-state index in [-0.39, 0.29) is 6.04 Å². The van der Waals surface area contributed by atoms with E-state index < -0.39 is 10.8 Å². The van der Waals surface area contributed by atoms with Crippen LogP contribution in [0.2, 0.25) is 0 Å². The minimum absolute atomic E-state index is 0.0607. The Balaban J connectivity index is 1.77. The second kappa shape index (κ2) is 5.59. The van der Waals surface area contributed by atoms with Gasteiger partial charge < -0.3 is 15.1 Å². The van der Waals surface area contributed by atoms with Crippen LogP contribution >= 0.6 is 0 Å². The molecule has 1 aromatic rings. The van der Waals surface area contributed by atoms with Crippen molar-refractivity contribution in [2.75, 3.05) is 17.3 Å². The first-order valence-electron chi connectivity index (χ1n) is 5.76. The third-order valence-corrected chi connectivity index (χ3v) is 3.41. The molecule has 1 heterocycles. The van der Waals surface area contributed by atoms with Crippen LogP contribution in [0.25, 0.3) is 0 Å². The van der Waals surface area contributed by atoms with E-state index in [1.54, 1.807) is 6.26 Å². The maximum absolute atomic E-state index is 11.0. The monoisotopic (exact) mass is 258 g/mol. The van der Waals surface area contributed by atoms with Crippen LogP contribution in [0, 0.1) is 0 Å². The fourth-order valence-corrected chi connectivity index (χ4v) is 2.29. The SMILES string of the molecule is CC(CS(C)=O)Nc1nnc(CNC2CC2)o1. The van der Waals surface area contributed by atoms with E-state index in [0.717, 1.165) is 0 Å². The van der Waals surface area contributed by atoms with Crippen molar-refractivity contribution in [3.8, 4) is 0 Å². The van der Waals surface area contributed by atoms with Crippen molar-refractivity contribution in [1.82, 2.24) is 15.5 Å². The van der Waals surface area contributed by atoms with Gasteiger partial charge >= 0.3 is 6.01 Å². The Kier molecular flexibility index (Phi) is 4.11. The van der Waals surface area contributed by atoms with Gasteiger partial charge in [-0.2, -0.15) is 0 Å². The molecule has 0 radical (unpaired) electrons. The summed E-state index contributed by atoms with van der Waals surface area (Å²) < 4.78 is 16.4. The highest BCUT2D eigenvalue weighted by Crippen LogP contribution is 2.19. The van der Waals surface area contributed by atoms with Crippen molar-refractivity contribution in [1.29, 1.82) is 0 Å². The second-order valence-electron chi connectivity index (χ2n) is 4.44. The van der Waals surface area contributed by atoms with Gasteiger partial charge in [-0.25, -0.2) is 0 Å². The lowest BCUT2D eigenvalue weighted by molar-refractivity contribution is 0.473. The van der Waals surface area contributed by atoms with Crippen molar-refractivity contribution in [2.24, 2.45) is 0 Å². The Morgan fingerprint density at radius 2 is 2.29 bits per heavy atom. The molecule has 0 aromatic carbocycles. The first kappa shape index (κ1) is 12.5. The summed E-state index contributed by atoms with van der Waals surface area (Å²) in [6.07, 6.45) is 4.15. The molecule has 2 N–H and O–H groups in total. The van der Waals surface area contributed by atoms with E-state index in [1.165, 1.54) is 12.8 Å². The molecule has 1 aliphatic carbocycles. The fourth-order valence-electron chi connectivity index (χ4n) is 1.51. The topological polar surface area (TPSA) is 80.0 Å². The summed E-state index contributed by atoms with van der Waals surface area (Å²) in [5, 5.41) is 14.2. The van der Waals surface area contributed by atoms with Crippen molar-refractivity contribution < 1.29 is 8.63 Å². The Bertz CT molecular complexity index is 391. The van der Waals surface area contributed by atoms with Crippen molar-refractivity contribution >= 4 is 16.8 Å². The quantitative estimate of drug-likeness (QED) is 0.741. The molecular formula is C10H18N4O2S. The van der Waals surface area contributed by atoms with Crippen LogP contribution in [0.1, 0.15) is 25.7 Å². The highest BCUT2D eigenvalue weighted by atomic mass is 32.2. The predicted octanol–water partition coefficient (Wildman–Crippen LogP) is 0.500. The maximum atomic E-state index is 11.0. The highest BCUT2D eigenvalue weighted by molar-refractivity contribution is 7.84. The molecule has 0 bridgehead atoms. The first-order chi connectivity index (χ1) is 8.13. The normalized spacial score (nSPS) is 18.9. The third-order valence-electron chi connectivity index (χ3n) is 2.44. The molecule has 1 aliphatic rings. The Morgan fingerprint density at radius 3 is 2.94 bits per heavy atom. The Hall–Kier alpha value is -0.950. The lowest BCUT2D eigenvalue weighted by Gasteiger charge is -2.08. The van der Waals surface area contributed by atoms with E-state index in [2.05, 4.69) is 20.8 Å². The number of nitrogens with zero attached hydrogens (tertiary/aromatic N) is 2. The van der Waals surface area contributed by atoms with Gasteiger partial charge in [0, 0.05) is 34.9 Å². The minimum Gasteiger partial charge on any atom is -0.407 e. The molecule has 96 valence electrons. The van der Waals surface area contributed by atoms with Crippen molar-refractivity contribution in [3.05, 3.63) is 5.89 Å².